The van der Waals surface area contributed by atoms with Crippen molar-refractivity contribution < 1.29 is 9.90 Å². The Morgan fingerprint density at radius 3 is 2.41 bits per heavy atom. The minimum Gasteiger partial charge on any atom is -0.505 e. The first-order chi connectivity index (χ1) is 19.1. The second kappa shape index (κ2) is 9.84. The van der Waals surface area contributed by atoms with E-state index < -0.39 is 5.91 Å². The Labute approximate surface area is 221 Å². The van der Waals surface area contributed by atoms with E-state index in [9.17, 15) is 15.2 Å². The molecule has 0 aliphatic rings. The second-order valence-electron chi connectivity index (χ2n) is 8.48. The van der Waals surface area contributed by atoms with Gasteiger partial charge in [0.05, 0.1) is 11.8 Å². The molecule has 0 fully saturated rings. The number of phenols is 1. The highest BCUT2D eigenvalue weighted by atomic mass is 16.3. The van der Waals surface area contributed by atoms with Crippen LogP contribution < -0.4 is 5.32 Å². The molecule has 2 heterocycles. The topological polar surface area (TPSA) is 141 Å². The first kappa shape index (κ1) is 23.4. The first-order valence-corrected chi connectivity index (χ1v) is 11.8. The van der Waals surface area contributed by atoms with Gasteiger partial charge in [-0.15, -0.1) is 10.2 Å². The summed E-state index contributed by atoms with van der Waals surface area (Å²) in [7, 11) is 0. The van der Waals surface area contributed by atoms with E-state index >= 15 is 0 Å². The van der Waals surface area contributed by atoms with E-state index in [2.05, 4.69) is 30.6 Å². The lowest BCUT2D eigenvalue weighted by Crippen LogP contribution is -2.13. The number of fused-ring (bicyclic) bond motifs is 2. The van der Waals surface area contributed by atoms with E-state index in [0.717, 1.165) is 10.8 Å². The standard InChI is InChI=1S/C29H18N8O2/c30-16-20-17-33-37(29-31-13-6-14-32-29)27(20)36-35-24-15-19-8-2-4-11-22(19)25(26(24)38)28(39)34-23-12-5-9-18-7-1-3-10-21(18)23/h1-15,17,38H,(H,34,39). The van der Waals surface area contributed by atoms with Gasteiger partial charge in [-0.1, -0.05) is 60.7 Å². The lowest BCUT2D eigenvalue weighted by atomic mass is 10.0. The fourth-order valence-corrected chi connectivity index (χ4v) is 4.31. The highest BCUT2D eigenvalue weighted by Crippen LogP contribution is 2.39. The zero-order valence-corrected chi connectivity index (χ0v) is 20.2. The van der Waals surface area contributed by atoms with E-state index in [1.165, 1.54) is 23.3 Å². The molecule has 10 nitrogen and oxygen atoms in total. The molecule has 186 valence electrons. The number of carbonyl (C=O) groups excluding carboxylic acids is 1. The summed E-state index contributed by atoms with van der Waals surface area (Å²) in [5.74, 6) is -0.572. The summed E-state index contributed by atoms with van der Waals surface area (Å²) in [6.07, 6.45) is 4.40. The van der Waals surface area contributed by atoms with Crippen molar-refractivity contribution in [3.05, 3.63) is 109 Å². The monoisotopic (exact) mass is 510 g/mol. The van der Waals surface area contributed by atoms with Crippen LogP contribution in [0.3, 0.4) is 0 Å². The average Bonchev–Trinajstić information content (AvgIpc) is 3.39. The Bertz CT molecular complexity index is 1940. The van der Waals surface area contributed by atoms with Crippen molar-refractivity contribution >= 4 is 44.6 Å². The van der Waals surface area contributed by atoms with Crippen LogP contribution in [0.15, 0.2) is 108 Å². The van der Waals surface area contributed by atoms with Crippen LogP contribution in [-0.4, -0.2) is 30.8 Å². The molecule has 4 aromatic carbocycles. The summed E-state index contributed by atoms with van der Waals surface area (Å²) in [5, 5.41) is 39.4. The number of anilines is 1. The quantitative estimate of drug-likeness (QED) is 0.264. The molecule has 39 heavy (non-hydrogen) atoms. The maximum absolute atomic E-state index is 13.6. The normalized spacial score (nSPS) is 11.2. The van der Waals surface area contributed by atoms with Crippen LogP contribution in [0.4, 0.5) is 17.2 Å². The number of carbonyl (C=O) groups is 1. The molecule has 0 bridgehead atoms. The molecular formula is C29H18N8O2. The van der Waals surface area contributed by atoms with Gasteiger partial charge in [-0.3, -0.25) is 4.79 Å². The number of azo groups is 1. The number of rotatable bonds is 5. The van der Waals surface area contributed by atoms with Crippen LogP contribution in [0.25, 0.3) is 27.5 Å². The van der Waals surface area contributed by atoms with E-state index in [1.807, 2.05) is 54.6 Å². The summed E-state index contributed by atoms with van der Waals surface area (Å²) >= 11 is 0. The maximum Gasteiger partial charge on any atom is 0.260 e. The smallest absolute Gasteiger partial charge is 0.260 e. The Kier molecular flexibility index (Phi) is 5.91. The Morgan fingerprint density at radius 2 is 1.62 bits per heavy atom. The largest absolute Gasteiger partial charge is 0.505 e. The van der Waals surface area contributed by atoms with Crippen LogP contribution in [-0.2, 0) is 0 Å². The Hall–Kier alpha value is -5.95. The number of hydrogen-bond donors (Lipinski definition) is 2. The average molecular weight is 511 g/mol. The van der Waals surface area contributed by atoms with Crippen LogP contribution in [0.5, 0.6) is 5.75 Å². The lowest BCUT2D eigenvalue weighted by molar-refractivity contribution is 0.102. The van der Waals surface area contributed by atoms with Gasteiger partial charge >= 0.3 is 0 Å². The number of phenolic OH excluding ortho intramolecular Hbond substituents is 1. The molecule has 1 amide bonds. The molecule has 0 aliphatic carbocycles. The van der Waals surface area contributed by atoms with Crippen molar-refractivity contribution in [3.8, 4) is 17.8 Å². The zero-order chi connectivity index (χ0) is 26.8. The van der Waals surface area contributed by atoms with Crippen LogP contribution in [0.1, 0.15) is 15.9 Å². The highest BCUT2D eigenvalue weighted by molar-refractivity contribution is 6.18. The minimum atomic E-state index is -0.502. The SMILES string of the molecule is N#Cc1cnn(-c2ncccn2)c1N=Nc1cc2ccccc2c(C(=O)Nc2cccc3ccccc23)c1O. The van der Waals surface area contributed by atoms with Gasteiger partial charge in [0.25, 0.3) is 11.9 Å². The fraction of sp³-hybridized carbons (Fsp3) is 0. The van der Waals surface area contributed by atoms with Gasteiger partial charge in [0.15, 0.2) is 11.6 Å². The van der Waals surface area contributed by atoms with Crippen molar-refractivity contribution in [2.45, 2.75) is 0 Å². The van der Waals surface area contributed by atoms with E-state index in [0.29, 0.717) is 16.5 Å². The number of nitrogens with zero attached hydrogens (tertiary/aromatic N) is 7. The van der Waals surface area contributed by atoms with Crippen molar-refractivity contribution in [1.29, 1.82) is 5.26 Å². The number of benzene rings is 4. The number of nitrogens with one attached hydrogen (secondary N) is 1. The summed E-state index contributed by atoms with van der Waals surface area (Å²) < 4.78 is 1.27. The molecule has 10 heteroatoms. The molecule has 2 aromatic heterocycles. The van der Waals surface area contributed by atoms with Crippen LogP contribution in [0, 0.1) is 11.3 Å². The fourth-order valence-electron chi connectivity index (χ4n) is 4.31. The van der Waals surface area contributed by atoms with Crippen molar-refractivity contribution in [1.82, 2.24) is 19.7 Å². The molecule has 0 unspecified atom stereocenters. The number of aromatic nitrogens is 4. The predicted octanol–water partition coefficient (Wildman–Crippen LogP) is 6.21. The second-order valence-corrected chi connectivity index (χ2v) is 8.48. The van der Waals surface area contributed by atoms with Gasteiger partial charge in [0.2, 0.25) is 0 Å². The van der Waals surface area contributed by atoms with Crippen LogP contribution in [0.2, 0.25) is 0 Å². The molecule has 0 saturated heterocycles. The number of hydrogen-bond acceptors (Lipinski definition) is 8. The number of nitriles is 1. The molecule has 0 saturated carbocycles. The molecule has 0 radical (unpaired) electrons. The molecule has 6 rings (SSSR count). The zero-order valence-electron chi connectivity index (χ0n) is 20.2. The van der Waals surface area contributed by atoms with Crippen molar-refractivity contribution in [3.63, 3.8) is 0 Å². The Balaban J connectivity index is 1.44. The third-order valence-corrected chi connectivity index (χ3v) is 6.12. The van der Waals surface area contributed by atoms with Crippen LogP contribution >= 0.6 is 0 Å². The summed E-state index contributed by atoms with van der Waals surface area (Å²) in [6, 6.07) is 25.8. The predicted molar refractivity (Wildman–Crippen MR) is 146 cm³/mol. The van der Waals surface area contributed by atoms with Crippen molar-refractivity contribution in [2.24, 2.45) is 10.2 Å². The van der Waals surface area contributed by atoms with E-state index in [-0.39, 0.29) is 34.3 Å². The molecule has 0 spiro atoms. The Morgan fingerprint density at radius 1 is 0.897 bits per heavy atom. The van der Waals surface area contributed by atoms with Gasteiger partial charge in [-0.05, 0) is 34.4 Å². The maximum atomic E-state index is 13.6. The molecule has 2 N–H and O–H groups in total. The highest BCUT2D eigenvalue weighted by Gasteiger charge is 2.21. The molecule has 0 atom stereocenters. The number of amides is 1. The summed E-state index contributed by atoms with van der Waals surface area (Å²) in [4.78, 5) is 21.9. The van der Waals surface area contributed by atoms with Gasteiger partial charge in [-0.25, -0.2) is 9.97 Å². The van der Waals surface area contributed by atoms with Gasteiger partial charge < -0.3 is 10.4 Å². The summed E-state index contributed by atoms with van der Waals surface area (Å²) in [6.45, 7) is 0. The van der Waals surface area contributed by atoms with Gasteiger partial charge in [-0.2, -0.15) is 15.0 Å². The van der Waals surface area contributed by atoms with E-state index in [4.69, 9.17) is 0 Å². The first-order valence-electron chi connectivity index (χ1n) is 11.8. The third-order valence-electron chi connectivity index (χ3n) is 6.12. The van der Waals surface area contributed by atoms with Gasteiger partial charge in [0.1, 0.15) is 17.3 Å². The minimum absolute atomic E-state index is 0.0439. The molecule has 0 aliphatic heterocycles. The van der Waals surface area contributed by atoms with E-state index in [1.54, 1.807) is 30.3 Å². The summed E-state index contributed by atoms with van der Waals surface area (Å²) in [5.41, 5.74) is 0.845. The molecular weight excluding hydrogens is 492 g/mol. The third kappa shape index (κ3) is 4.30. The van der Waals surface area contributed by atoms with Crippen molar-refractivity contribution in [2.75, 3.05) is 5.32 Å². The number of aromatic hydroxyl groups is 1. The molecule has 6 aromatic rings. The lowest BCUT2D eigenvalue weighted by Gasteiger charge is -2.13. The van der Waals surface area contributed by atoms with Gasteiger partial charge in [0, 0.05) is 23.5 Å².